The van der Waals surface area contributed by atoms with Crippen molar-refractivity contribution in [2.24, 2.45) is 5.10 Å². The van der Waals surface area contributed by atoms with Crippen LogP contribution < -0.4 is 9.57 Å². The highest BCUT2D eigenvalue weighted by Crippen LogP contribution is 2.27. The molecule has 0 aromatic heterocycles. The van der Waals surface area contributed by atoms with Gasteiger partial charge in [0.15, 0.2) is 11.5 Å². The first-order chi connectivity index (χ1) is 7.44. The molecular weight excluding hydrogens is 232 g/mol. The molecule has 6 nitrogen and oxygen atoms in total. The molecule has 1 aromatic rings. The lowest BCUT2D eigenvalue weighted by Gasteiger charge is -2.04. The molecule has 88 valence electrons. The van der Waals surface area contributed by atoms with Gasteiger partial charge < -0.3 is 9.84 Å². The van der Waals surface area contributed by atoms with Gasteiger partial charge in [-0.15, -0.1) is 0 Å². The van der Waals surface area contributed by atoms with Gasteiger partial charge in [-0.25, -0.2) is 13.2 Å². The average molecular weight is 244 g/mol. The third-order valence-corrected chi connectivity index (χ3v) is 2.11. The van der Waals surface area contributed by atoms with Crippen LogP contribution in [0.1, 0.15) is 5.56 Å². The normalized spacial score (nSPS) is 11.6. The van der Waals surface area contributed by atoms with Gasteiger partial charge in [0.1, 0.15) is 0 Å². The Morgan fingerprint density at radius 3 is 2.75 bits per heavy atom. The van der Waals surface area contributed by atoms with Gasteiger partial charge in [-0.05, 0) is 12.1 Å². The Morgan fingerprint density at radius 1 is 1.50 bits per heavy atom. The second-order valence-electron chi connectivity index (χ2n) is 3.02. The van der Waals surface area contributed by atoms with Crippen molar-refractivity contribution in [2.75, 3.05) is 13.4 Å². The molecule has 0 atom stereocenters. The van der Waals surface area contributed by atoms with Crippen LogP contribution in [0.25, 0.3) is 0 Å². The minimum atomic E-state index is -3.38. The van der Waals surface area contributed by atoms with Crippen LogP contribution in [0.4, 0.5) is 0 Å². The van der Waals surface area contributed by atoms with E-state index in [2.05, 4.69) is 5.10 Å². The third kappa shape index (κ3) is 3.43. The summed E-state index contributed by atoms with van der Waals surface area (Å²) in [4.78, 5) is 1.92. The van der Waals surface area contributed by atoms with Crippen LogP contribution in [-0.4, -0.2) is 33.1 Å². The summed E-state index contributed by atoms with van der Waals surface area (Å²) in [6.07, 6.45) is 2.18. The standard InChI is InChI=1S/C9H12N2O4S/c1-15-8-5-3-4-7(9(8)12)6-10-11-16(2,13)14/h3-6,11-12H,1-2H3/b10-6+. The zero-order valence-corrected chi connectivity index (χ0v) is 9.65. The molecule has 0 amide bonds. The molecule has 7 heteroatoms. The number of hydrazone groups is 1. The summed E-state index contributed by atoms with van der Waals surface area (Å²) in [5.41, 5.74) is 0.357. The van der Waals surface area contributed by atoms with Gasteiger partial charge in [0.05, 0.1) is 19.6 Å². The molecular formula is C9H12N2O4S. The van der Waals surface area contributed by atoms with Crippen molar-refractivity contribution in [3.8, 4) is 11.5 Å². The van der Waals surface area contributed by atoms with Crippen molar-refractivity contribution in [1.82, 2.24) is 4.83 Å². The maximum absolute atomic E-state index is 10.7. The van der Waals surface area contributed by atoms with Crippen LogP contribution in [0.2, 0.25) is 0 Å². The van der Waals surface area contributed by atoms with Gasteiger partial charge >= 0.3 is 0 Å². The van der Waals surface area contributed by atoms with Gasteiger partial charge in [0, 0.05) is 5.56 Å². The van der Waals surface area contributed by atoms with Crippen molar-refractivity contribution >= 4 is 16.2 Å². The molecule has 0 unspecified atom stereocenters. The average Bonchev–Trinajstić information content (AvgIpc) is 2.19. The second kappa shape index (κ2) is 4.84. The van der Waals surface area contributed by atoms with Crippen LogP contribution in [0, 0.1) is 0 Å². The highest BCUT2D eigenvalue weighted by Gasteiger charge is 2.04. The van der Waals surface area contributed by atoms with Crippen molar-refractivity contribution in [1.29, 1.82) is 0 Å². The van der Waals surface area contributed by atoms with Gasteiger partial charge in [0.2, 0.25) is 10.0 Å². The monoisotopic (exact) mass is 244 g/mol. The molecule has 0 bridgehead atoms. The summed E-state index contributed by atoms with van der Waals surface area (Å²) in [6, 6.07) is 4.81. The predicted octanol–water partition coefficient (Wildman–Crippen LogP) is 0.284. The Hall–Kier alpha value is -1.76. The van der Waals surface area contributed by atoms with Gasteiger partial charge in [-0.1, -0.05) is 6.07 Å². The van der Waals surface area contributed by atoms with E-state index in [0.717, 1.165) is 6.26 Å². The first-order valence-corrected chi connectivity index (χ1v) is 6.19. The Bertz CT molecular complexity index is 496. The highest BCUT2D eigenvalue weighted by molar-refractivity contribution is 7.88. The minimum absolute atomic E-state index is 0.0935. The van der Waals surface area contributed by atoms with Crippen LogP contribution in [0.5, 0.6) is 11.5 Å². The fourth-order valence-electron chi connectivity index (χ4n) is 1.000. The summed E-state index contributed by atoms with van der Waals surface area (Å²) < 4.78 is 26.3. The first kappa shape index (κ1) is 12.3. The fraction of sp³-hybridized carbons (Fsp3) is 0.222. The number of methoxy groups -OCH3 is 1. The van der Waals surface area contributed by atoms with Crippen molar-refractivity contribution in [2.45, 2.75) is 0 Å². The SMILES string of the molecule is COc1cccc(/C=N/NS(C)(=O)=O)c1O. The summed E-state index contributed by atoms with van der Waals surface area (Å²) in [6.45, 7) is 0. The number of nitrogens with one attached hydrogen (secondary N) is 1. The van der Waals surface area contributed by atoms with Gasteiger partial charge in [-0.2, -0.15) is 5.10 Å². The number of sulfonamides is 1. The maximum atomic E-state index is 10.7. The molecule has 2 N–H and O–H groups in total. The second-order valence-corrected chi connectivity index (χ2v) is 4.75. The number of ether oxygens (including phenoxy) is 1. The van der Waals surface area contributed by atoms with E-state index in [9.17, 15) is 13.5 Å². The number of nitrogens with zero attached hydrogens (tertiary/aromatic N) is 1. The molecule has 0 radical (unpaired) electrons. The summed E-state index contributed by atoms with van der Waals surface area (Å²) in [7, 11) is -1.96. The largest absolute Gasteiger partial charge is 0.504 e. The van der Waals surface area contributed by atoms with Crippen LogP contribution in [-0.2, 0) is 10.0 Å². The predicted molar refractivity (Wildman–Crippen MR) is 60.2 cm³/mol. The van der Waals surface area contributed by atoms with Gasteiger partial charge in [0.25, 0.3) is 0 Å². The molecule has 16 heavy (non-hydrogen) atoms. The van der Waals surface area contributed by atoms with Crippen molar-refractivity contribution in [3.05, 3.63) is 23.8 Å². The van der Waals surface area contributed by atoms with Crippen LogP contribution >= 0.6 is 0 Å². The number of hydrogen-bond donors (Lipinski definition) is 2. The van der Waals surface area contributed by atoms with E-state index in [1.807, 2.05) is 4.83 Å². The molecule has 0 aliphatic carbocycles. The number of benzene rings is 1. The number of phenols is 1. The highest BCUT2D eigenvalue weighted by atomic mass is 32.2. The van der Waals surface area contributed by atoms with E-state index in [0.29, 0.717) is 11.3 Å². The molecule has 0 heterocycles. The number of phenolic OH excluding ortho intramolecular Hbond substituents is 1. The summed E-state index contributed by atoms with van der Waals surface area (Å²) in [5, 5.41) is 13.1. The zero-order valence-electron chi connectivity index (χ0n) is 8.84. The molecule has 0 aliphatic rings. The topological polar surface area (TPSA) is 88.0 Å². The summed E-state index contributed by atoms with van der Waals surface area (Å²) in [5.74, 6) is 0.201. The Labute approximate surface area is 93.6 Å². The van der Waals surface area contributed by atoms with E-state index < -0.39 is 10.0 Å². The van der Waals surface area contributed by atoms with Crippen molar-refractivity contribution in [3.63, 3.8) is 0 Å². The van der Waals surface area contributed by atoms with Gasteiger partial charge in [-0.3, -0.25) is 0 Å². The number of hydrogen-bond acceptors (Lipinski definition) is 5. The number of rotatable bonds is 4. The molecule has 0 aliphatic heterocycles. The van der Waals surface area contributed by atoms with E-state index in [4.69, 9.17) is 4.74 Å². The number of aromatic hydroxyl groups is 1. The lowest BCUT2D eigenvalue weighted by atomic mass is 10.2. The smallest absolute Gasteiger partial charge is 0.244 e. The molecule has 1 aromatic carbocycles. The molecule has 0 saturated heterocycles. The maximum Gasteiger partial charge on any atom is 0.244 e. The third-order valence-electron chi connectivity index (χ3n) is 1.67. The zero-order chi connectivity index (χ0) is 12.2. The van der Waals surface area contributed by atoms with E-state index in [1.165, 1.54) is 13.3 Å². The number of para-hydroxylation sites is 1. The lowest BCUT2D eigenvalue weighted by Crippen LogP contribution is -2.15. The molecule has 0 fully saturated rings. The first-order valence-electron chi connectivity index (χ1n) is 4.30. The molecule has 0 spiro atoms. The van der Waals surface area contributed by atoms with E-state index >= 15 is 0 Å². The fourth-order valence-corrected chi connectivity index (χ4v) is 1.24. The summed E-state index contributed by atoms with van der Waals surface area (Å²) >= 11 is 0. The van der Waals surface area contributed by atoms with E-state index in [1.54, 1.807) is 18.2 Å². The van der Waals surface area contributed by atoms with Crippen molar-refractivity contribution < 1.29 is 18.3 Å². The quantitative estimate of drug-likeness (QED) is 0.588. The van der Waals surface area contributed by atoms with Crippen LogP contribution in [0.15, 0.2) is 23.3 Å². The minimum Gasteiger partial charge on any atom is -0.504 e. The van der Waals surface area contributed by atoms with Crippen LogP contribution in [0.3, 0.4) is 0 Å². The lowest BCUT2D eigenvalue weighted by molar-refractivity contribution is 0.373. The molecule has 0 saturated carbocycles. The Kier molecular flexibility index (Phi) is 3.73. The Morgan fingerprint density at radius 2 is 2.19 bits per heavy atom. The Balaban J connectivity index is 2.90. The molecule has 1 rings (SSSR count). The van der Waals surface area contributed by atoms with E-state index in [-0.39, 0.29) is 5.75 Å².